The Morgan fingerprint density at radius 2 is 1.72 bits per heavy atom. The first kappa shape index (κ1) is 12.2. The number of hydrogen-bond acceptors (Lipinski definition) is 1. The van der Waals surface area contributed by atoms with Gasteiger partial charge in [-0.05, 0) is 54.6 Å². The molecule has 0 saturated heterocycles. The largest absolute Gasteiger partial charge is 0.388 e. The summed E-state index contributed by atoms with van der Waals surface area (Å²) in [4.78, 5) is 0. The maximum Gasteiger partial charge on any atom is 0.0823 e. The van der Waals surface area contributed by atoms with Crippen LogP contribution in [0.2, 0.25) is 0 Å². The monoisotopic (exact) mass is 244 g/mol. The summed E-state index contributed by atoms with van der Waals surface area (Å²) in [5.74, 6) is 2.16. The Morgan fingerprint density at radius 1 is 1.00 bits per heavy atom. The molecule has 0 bridgehead atoms. The molecule has 3 rings (SSSR count). The van der Waals surface area contributed by atoms with E-state index in [2.05, 4.69) is 31.2 Å². The Hall–Kier alpha value is -0.820. The Bertz CT molecular complexity index is 404. The normalized spacial score (nSPS) is 36.1. The van der Waals surface area contributed by atoms with Crippen LogP contribution in [0.25, 0.3) is 0 Å². The highest BCUT2D eigenvalue weighted by atomic mass is 16.3. The van der Waals surface area contributed by atoms with Gasteiger partial charge in [0.1, 0.15) is 0 Å². The van der Waals surface area contributed by atoms with Crippen LogP contribution in [-0.4, -0.2) is 5.11 Å². The van der Waals surface area contributed by atoms with Crippen LogP contribution in [0.5, 0.6) is 0 Å². The molecule has 0 aromatic heterocycles. The molecule has 0 aliphatic heterocycles. The van der Waals surface area contributed by atoms with Crippen molar-refractivity contribution in [3.63, 3.8) is 0 Å². The van der Waals surface area contributed by atoms with Crippen LogP contribution >= 0.6 is 0 Å². The third-order valence-corrected chi connectivity index (χ3v) is 5.19. The second kappa shape index (κ2) is 5.05. The van der Waals surface area contributed by atoms with Crippen LogP contribution in [0.3, 0.4) is 0 Å². The van der Waals surface area contributed by atoms with Crippen LogP contribution in [0.15, 0.2) is 24.3 Å². The molecule has 2 aliphatic rings. The summed E-state index contributed by atoms with van der Waals surface area (Å²) < 4.78 is 0. The average Bonchev–Trinajstić information content (AvgIpc) is 2.41. The van der Waals surface area contributed by atoms with Crippen molar-refractivity contribution in [3.05, 3.63) is 35.4 Å². The first-order chi connectivity index (χ1) is 8.75. The molecular weight excluding hydrogens is 220 g/mol. The third kappa shape index (κ3) is 2.21. The lowest BCUT2D eigenvalue weighted by atomic mass is 9.69. The predicted octanol–water partition coefficient (Wildman–Crippen LogP) is 4.11. The molecule has 18 heavy (non-hydrogen) atoms. The van der Waals surface area contributed by atoms with E-state index in [1.807, 2.05) is 0 Å². The van der Waals surface area contributed by atoms with Crippen molar-refractivity contribution in [1.82, 2.24) is 0 Å². The Balaban J connectivity index is 1.76. The number of aliphatic hydroxyl groups is 1. The second-order valence-electron chi connectivity index (χ2n) is 6.37. The van der Waals surface area contributed by atoms with Crippen LogP contribution < -0.4 is 0 Å². The summed E-state index contributed by atoms with van der Waals surface area (Å²) in [5.41, 5.74) is 2.57. The van der Waals surface area contributed by atoms with Crippen molar-refractivity contribution in [1.29, 1.82) is 0 Å². The number of aryl methyl sites for hydroxylation is 1. The van der Waals surface area contributed by atoms with Gasteiger partial charge in [0.25, 0.3) is 0 Å². The highest BCUT2D eigenvalue weighted by molar-refractivity contribution is 5.32. The van der Waals surface area contributed by atoms with Gasteiger partial charge in [-0.25, -0.2) is 0 Å². The smallest absolute Gasteiger partial charge is 0.0823 e. The van der Waals surface area contributed by atoms with E-state index >= 15 is 0 Å². The number of aliphatic hydroxyl groups excluding tert-OH is 1. The van der Waals surface area contributed by atoms with Crippen molar-refractivity contribution < 1.29 is 5.11 Å². The minimum absolute atomic E-state index is 0.214. The van der Waals surface area contributed by atoms with E-state index in [4.69, 9.17) is 0 Å². The van der Waals surface area contributed by atoms with Crippen molar-refractivity contribution in [3.8, 4) is 0 Å². The average molecular weight is 244 g/mol. The maximum atomic E-state index is 10.6. The molecular formula is C17H24O. The molecule has 1 aromatic rings. The van der Waals surface area contributed by atoms with Gasteiger partial charge in [-0.15, -0.1) is 0 Å². The Morgan fingerprint density at radius 3 is 2.50 bits per heavy atom. The van der Waals surface area contributed by atoms with Crippen LogP contribution in [-0.2, 0) is 6.42 Å². The molecule has 1 fully saturated rings. The van der Waals surface area contributed by atoms with Gasteiger partial charge in [0.05, 0.1) is 6.10 Å². The van der Waals surface area contributed by atoms with Gasteiger partial charge in [-0.1, -0.05) is 44.0 Å². The summed E-state index contributed by atoms with van der Waals surface area (Å²) in [6.07, 6.45) is 7.48. The van der Waals surface area contributed by atoms with Gasteiger partial charge in [0.2, 0.25) is 0 Å². The molecule has 0 radical (unpaired) electrons. The van der Waals surface area contributed by atoms with Crippen molar-refractivity contribution in [2.75, 3.05) is 0 Å². The fourth-order valence-electron chi connectivity index (χ4n) is 3.97. The fourth-order valence-corrected chi connectivity index (χ4v) is 3.97. The van der Waals surface area contributed by atoms with E-state index in [0.29, 0.717) is 5.92 Å². The van der Waals surface area contributed by atoms with Crippen molar-refractivity contribution in [2.24, 2.45) is 17.8 Å². The topological polar surface area (TPSA) is 20.2 Å². The van der Waals surface area contributed by atoms with Crippen LogP contribution in [0, 0.1) is 17.8 Å². The zero-order valence-corrected chi connectivity index (χ0v) is 11.3. The summed E-state index contributed by atoms with van der Waals surface area (Å²) in [7, 11) is 0. The van der Waals surface area contributed by atoms with Gasteiger partial charge in [0.15, 0.2) is 0 Å². The summed E-state index contributed by atoms with van der Waals surface area (Å²) in [5, 5.41) is 10.6. The van der Waals surface area contributed by atoms with Crippen LogP contribution in [0.4, 0.5) is 0 Å². The molecule has 0 heterocycles. The molecule has 98 valence electrons. The molecule has 0 amide bonds. The van der Waals surface area contributed by atoms with E-state index in [1.165, 1.54) is 43.2 Å². The van der Waals surface area contributed by atoms with E-state index in [9.17, 15) is 5.11 Å². The van der Waals surface area contributed by atoms with Crippen molar-refractivity contribution in [2.45, 2.75) is 51.6 Å². The standard InChI is InChI=1S/C17H24O/c1-12-6-8-14(9-7-12)16-11-10-13-4-2-3-5-15(13)17(16)18/h2-5,12,14,16-18H,6-11H2,1H3. The zero-order chi connectivity index (χ0) is 12.5. The van der Waals surface area contributed by atoms with E-state index < -0.39 is 0 Å². The van der Waals surface area contributed by atoms with E-state index in [1.54, 1.807) is 0 Å². The minimum atomic E-state index is -0.214. The second-order valence-corrected chi connectivity index (χ2v) is 6.37. The van der Waals surface area contributed by atoms with Gasteiger partial charge in [0, 0.05) is 0 Å². The molecule has 2 atom stereocenters. The first-order valence-corrected chi connectivity index (χ1v) is 7.51. The number of benzene rings is 1. The van der Waals surface area contributed by atoms with Gasteiger partial charge >= 0.3 is 0 Å². The summed E-state index contributed by atoms with van der Waals surface area (Å²) in [6.45, 7) is 2.36. The van der Waals surface area contributed by atoms with Gasteiger partial charge in [-0.3, -0.25) is 0 Å². The number of rotatable bonds is 1. The fraction of sp³-hybridized carbons (Fsp3) is 0.647. The molecule has 1 N–H and O–H groups in total. The quantitative estimate of drug-likeness (QED) is 0.788. The molecule has 1 aromatic carbocycles. The number of hydrogen-bond donors (Lipinski definition) is 1. The maximum absolute atomic E-state index is 10.6. The summed E-state index contributed by atoms with van der Waals surface area (Å²) in [6, 6.07) is 8.46. The number of fused-ring (bicyclic) bond motifs is 1. The lowest BCUT2D eigenvalue weighted by Gasteiger charge is -2.38. The van der Waals surface area contributed by atoms with Gasteiger partial charge < -0.3 is 5.11 Å². The molecule has 2 unspecified atom stereocenters. The summed E-state index contributed by atoms with van der Waals surface area (Å²) >= 11 is 0. The van der Waals surface area contributed by atoms with E-state index in [0.717, 1.165) is 18.3 Å². The molecule has 0 spiro atoms. The van der Waals surface area contributed by atoms with Crippen molar-refractivity contribution >= 4 is 0 Å². The zero-order valence-electron chi connectivity index (χ0n) is 11.3. The minimum Gasteiger partial charge on any atom is -0.388 e. The van der Waals surface area contributed by atoms with Gasteiger partial charge in [-0.2, -0.15) is 0 Å². The van der Waals surface area contributed by atoms with E-state index in [-0.39, 0.29) is 6.10 Å². The lowest BCUT2D eigenvalue weighted by Crippen LogP contribution is -2.29. The SMILES string of the molecule is CC1CCC(C2CCc3ccccc3C2O)CC1. The highest BCUT2D eigenvalue weighted by Gasteiger charge is 2.34. The lowest BCUT2D eigenvalue weighted by molar-refractivity contribution is 0.0392. The molecule has 1 nitrogen and oxygen atoms in total. The molecule has 2 aliphatic carbocycles. The third-order valence-electron chi connectivity index (χ3n) is 5.19. The Kier molecular flexibility index (Phi) is 3.43. The van der Waals surface area contributed by atoms with Crippen LogP contribution in [0.1, 0.15) is 56.3 Å². The Labute approximate surface area is 110 Å². The first-order valence-electron chi connectivity index (χ1n) is 7.51. The molecule has 1 heteroatoms. The molecule has 1 saturated carbocycles. The highest BCUT2D eigenvalue weighted by Crippen LogP contribution is 2.44. The predicted molar refractivity (Wildman–Crippen MR) is 74.3 cm³/mol.